The normalized spacial score (nSPS) is 13.7. The maximum absolute atomic E-state index is 12.8. The van der Waals surface area contributed by atoms with E-state index >= 15 is 0 Å². The van der Waals surface area contributed by atoms with Crippen LogP contribution < -0.4 is 9.64 Å². The molecule has 1 saturated heterocycles. The van der Waals surface area contributed by atoms with Crippen LogP contribution >= 0.6 is 0 Å². The lowest BCUT2D eigenvalue weighted by molar-refractivity contribution is -0.134. The molecule has 1 aliphatic heterocycles. The standard InChI is InChI=1S/C17H16FN5O2/c1-22(16(24)11-25-14-4-2-12(18)3-5-14)13-9-23(10-13)17-15(8-19)20-6-7-21-17/h2-7,13H,9-11H2,1H3. The number of aromatic nitrogens is 2. The quantitative estimate of drug-likeness (QED) is 0.813. The Balaban J connectivity index is 1.51. The van der Waals surface area contributed by atoms with Crippen LogP contribution in [0.25, 0.3) is 0 Å². The zero-order valence-electron chi connectivity index (χ0n) is 13.6. The Kier molecular flexibility index (Phi) is 4.75. The molecular weight excluding hydrogens is 325 g/mol. The first-order valence-electron chi connectivity index (χ1n) is 7.68. The molecular formula is C17H16FN5O2. The Labute approximate surface area is 144 Å². The summed E-state index contributed by atoms with van der Waals surface area (Å²) in [6, 6.07) is 7.54. The molecule has 25 heavy (non-hydrogen) atoms. The number of anilines is 1. The van der Waals surface area contributed by atoms with Gasteiger partial charge >= 0.3 is 0 Å². The monoisotopic (exact) mass is 341 g/mol. The van der Waals surface area contributed by atoms with E-state index in [1.807, 2.05) is 11.0 Å². The third-order valence-electron chi connectivity index (χ3n) is 4.06. The van der Waals surface area contributed by atoms with Gasteiger partial charge in [-0.3, -0.25) is 4.79 Å². The summed E-state index contributed by atoms with van der Waals surface area (Å²) in [5.74, 6) is 0.445. The second-order valence-electron chi connectivity index (χ2n) is 5.65. The van der Waals surface area contributed by atoms with Gasteiger partial charge in [-0.15, -0.1) is 0 Å². The van der Waals surface area contributed by atoms with E-state index in [0.717, 1.165) is 0 Å². The van der Waals surface area contributed by atoms with E-state index in [-0.39, 0.29) is 30.1 Å². The highest BCUT2D eigenvalue weighted by molar-refractivity contribution is 5.78. The van der Waals surface area contributed by atoms with Gasteiger partial charge < -0.3 is 14.5 Å². The number of rotatable bonds is 5. The SMILES string of the molecule is CN(C(=O)COc1ccc(F)cc1)C1CN(c2nccnc2C#N)C1. The fourth-order valence-electron chi connectivity index (χ4n) is 2.50. The Morgan fingerprint density at radius 1 is 1.36 bits per heavy atom. The van der Waals surface area contributed by atoms with E-state index in [1.165, 1.54) is 36.7 Å². The fraction of sp³-hybridized carbons (Fsp3) is 0.294. The Hall–Kier alpha value is -3.21. The van der Waals surface area contributed by atoms with Crippen LogP contribution in [0.5, 0.6) is 5.75 Å². The van der Waals surface area contributed by atoms with Crippen LogP contribution in [-0.2, 0) is 4.79 Å². The van der Waals surface area contributed by atoms with Crippen LogP contribution in [0.3, 0.4) is 0 Å². The average molecular weight is 341 g/mol. The van der Waals surface area contributed by atoms with Crippen molar-refractivity contribution >= 4 is 11.7 Å². The number of hydrogen-bond acceptors (Lipinski definition) is 6. The van der Waals surface area contributed by atoms with E-state index in [2.05, 4.69) is 9.97 Å². The van der Waals surface area contributed by atoms with Crippen LogP contribution in [-0.4, -0.2) is 53.6 Å². The fourth-order valence-corrected chi connectivity index (χ4v) is 2.50. The van der Waals surface area contributed by atoms with Gasteiger partial charge in [-0.2, -0.15) is 5.26 Å². The molecule has 0 unspecified atom stereocenters. The van der Waals surface area contributed by atoms with Crippen molar-refractivity contribution in [2.75, 3.05) is 31.6 Å². The summed E-state index contributed by atoms with van der Waals surface area (Å²) in [4.78, 5) is 23.9. The van der Waals surface area contributed by atoms with Crippen LogP contribution in [0.4, 0.5) is 10.2 Å². The molecule has 0 spiro atoms. The van der Waals surface area contributed by atoms with Gasteiger partial charge in [0.05, 0.1) is 6.04 Å². The highest BCUT2D eigenvalue weighted by atomic mass is 19.1. The van der Waals surface area contributed by atoms with Gasteiger partial charge in [-0.1, -0.05) is 0 Å². The first kappa shape index (κ1) is 16.6. The van der Waals surface area contributed by atoms with E-state index < -0.39 is 0 Å². The zero-order chi connectivity index (χ0) is 17.8. The van der Waals surface area contributed by atoms with Crippen molar-refractivity contribution < 1.29 is 13.9 Å². The molecule has 1 amide bonds. The van der Waals surface area contributed by atoms with Gasteiger partial charge in [0, 0.05) is 32.5 Å². The minimum Gasteiger partial charge on any atom is -0.484 e. The molecule has 0 aliphatic carbocycles. The summed E-state index contributed by atoms with van der Waals surface area (Å²) in [5.41, 5.74) is 0.273. The van der Waals surface area contributed by atoms with Gasteiger partial charge in [0.1, 0.15) is 17.6 Å². The second-order valence-corrected chi connectivity index (χ2v) is 5.65. The summed E-state index contributed by atoms with van der Waals surface area (Å²) >= 11 is 0. The van der Waals surface area contributed by atoms with Crippen LogP contribution in [0.2, 0.25) is 0 Å². The smallest absolute Gasteiger partial charge is 0.260 e. The number of carbonyl (C=O) groups is 1. The topological polar surface area (TPSA) is 82.3 Å². The number of amides is 1. The molecule has 0 N–H and O–H groups in total. The van der Waals surface area contributed by atoms with Gasteiger partial charge in [-0.25, -0.2) is 14.4 Å². The first-order valence-corrected chi connectivity index (χ1v) is 7.68. The molecule has 1 aliphatic rings. The molecule has 3 rings (SSSR count). The molecule has 2 aromatic rings. The van der Waals surface area contributed by atoms with Gasteiger partial charge in [0.2, 0.25) is 0 Å². The summed E-state index contributed by atoms with van der Waals surface area (Å²) in [7, 11) is 1.71. The molecule has 0 radical (unpaired) electrons. The lowest BCUT2D eigenvalue weighted by atomic mass is 10.1. The number of nitriles is 1. The van der Waals surface area contributed by atoms with Crippen molar-refractivity contribution in [3.63, 3.8) is 0 Å². The second kappa shape index (κ2) is 7.13. The largest absolute Gasteiger partial charge is 0.484 e. The number of likely N-dealkylation sites (N-methyl/N-ethyl adjacent to an activating group) is 1. The van der Waals surface area contributed by atoms with Crippen molar-refractivity contribution in [3.05, 3.63) is 48.2 Å². The number of ether oxygens (including phenoxy) is 1. The minimum atomic E-state index is -0.355. The van der Waals surface area contributed by atoms with Crippen molar-refractivity contribution in [1.82, 2.24) is 14.9 Å². The Bertz CT molecular complexity index is 799. The number of carbonyl (C=O) groups excluding carboxylic acids is 1. The molecule has 8 heteroatoms. The van der Waals surface area contributed by atoms with E-state index in [1.54, 1.807) is 11.9 Å². The summed E-state index contributed by atoms with van der Waals surface area (Å²) in [6.45, 7) is 1.03. The van der Waals surface area contributed by atoms with Crippen LogP contribution in [0, 0.1) is 17.1 Å². The lowest BCUT2D eigenvalue weighted by Gasteiger charge is -2.44. The van der Waals surface area contributed by atoms with Gasteiger partial charge in [0.15, 0.2) is 18.1 Å². The van der Waals surface area contributed by atoms with E-state index in [0.29, 0.717) is 24.7 Å². The van der Waals surface area contributed by atoms with E-state index in [9.17, 15) is 9.18 Å². The van der Waals surface area contributed by atoms with Crippen molar-refractivity contribution in [2.45, 2.75) is 6.04 Å². The van der Waals surface area contributed by atoms with Gasteiger partial charge in [0.25, 0.3) is 5.91 Å². The third-order valence-corrected chi connectivity index (χ3v) is 4.06. The number of benzene rings is 1. The van der Waals surface area contributed by atoms with Crippen molar-refractivity contribution in [1.29, 1.82) is 5.26 Å². The molecule has 2 heterocycles. The number of hydrogen-bond donors (Lipinski definition) is 0. The predicted molar refractivity (Wildman–Crippen MR) is 87.4 cm³/mol. The van der Waals surface area contributed by atoms with Crippen LogP contribution in [0.15, 0.2) is 36.7 Å². The summed E-state index contributed by atoms with van der Waals surface area (Å²) in [5, 5.41) is 9.06. The molecule has 0 bridgehead atoms. The summed E-state index contributed by atoms with van der Waals surface area (Å²) < 4.78 is 18.2. The number of halogens is 1. The molecule has 1 fully saturated rings. The lowest BCUT2D eigenvalue weighted by Crippen LogP contribution is -2.60. The molecule has 7 nitrogen and oxygen atoms in total. The van der Waals surface area contributed by atoms with Crippen LogP contribution in [0.1, 0.15) is 5.69 Å². The highest BCUT2D eigenvalue weighted by Crippen LogP contribution is 2.23. The van der Waals surface area contributed by atoms with Crippen molar-refractivity contribution in [2.24, 2.45) is 0 Å². The number of nitrogens with zero attached hydrogens (tertiary/aromatic N) is 5. The predicted octanol–water partition coefficient (Wildman–Crippen LogP) is 1.21. The molecule has 0 saturated carbocycles. The maximum atomic E-state index is 12.8. The Morgan fingerprint density at radius 3 is 2.72 bits per heavy atom. The highest BCUT2D eigenvalue weighted by Gasteiger charge is 2.34. The zero-order valence-corrected chi connectivity index (χ0v) is 13.6. The minimum absolute atomic E-state index is 0.0119. The maximum Gasteiger partial charge on any atom is 0.260 e. The summed E-state index contributed by atoms with van der Waals surface area (Å²) in [6.07, 6.45) is 3.01. The van der Waals surface area contributed by atoms with E-state index in [4.69, 9.17) is 10.00 Å². The molecule has 0 atom stereocenters. The Morgan fingerprint density at radius 2 is 2.04 bits per heavy atom. The first-order chi connectivity index (χ1) is 12.1. The third kappa shape index (κ3) is 3.66. The molecule has 1 aromatic carbocycles. The van der Waals surface area contributed by atoms with Crippen molar-refractivity contribution in [3.8, 4) is 11.8 Å². The molecule has 1 aromatic heterocycles. The molecule has 128 valence electrons. The van der Waals surface area contributed by atoms with Gasteiger partial charge in [-0.05, 0) is 24.3 Å². The average Bonchev–Trinajstić information content (AvgIpc) is 2.60.